The van der Waals surface area contributed by atoms with Gasteiger partial charge in [-0.2, -0.15) is 0 Å². The lowest BCUT2D eigenvalue weighted by Gasteiger charge is -2.19. The van der Waals surface area contributed by atoms with Gasteiger partial charge in [0.2, 0.25) is 5.91 Å². The van der Waals surface area contributed by atoms with Gasteiger partial charge in [0.15, 0.2) is 0 Å². The Labute approximate surface area is 127 Å². The zero-order valence-electron chi connectivity index (χ0n) is 12.7. The summed E-state index contributed by atoms with van der Waals surface area (Å²) in [4.78, 5) is 13.8. The summed E-state index contributed by atoms with van der Waals surface area (Å²) in [6, 6.07) is 7.62. The van der Waals surface area contributed by atoms with Crippen molar-refractivity contribution in [2.45, 2.75) is 13.3 Å². The van der Waals surface area contributed by atoms with E-state index in [1.165, 1.54) is 0 Å². The van der Waals surface area contributed by atoms with Crippen molar-refractivity contribution >= 4 is 11.6 Å². The third-order valence-corrected chi connectivity index (χ3v) is 2.80. The standard InChI is InChI=1S/C17H24N2O2/c1-4-10-19(11-5-2)17(20)14-18-15-8-7-9-16(13-15)21-12-6-3/h4-5,7-9,13,18H,1-2,6,10-12,14H2,3H3. The fourth-order valence-electron chi connectivity index (χ4n) is 1.80. The molecule has 0 bridgehead atoms. The highest BCUT2D eigenvalue weighted by molar-refractivity contribution is 5.81. The van der Waals surface area contributed by atoms with Crippen LogP contribution >= 0.6 is 0 Å². The zero-order valence-corrected chi connectivity index (χ0v) is 12.7. The number of carbonyl (C=O) groups excluding carboxylic acids is 1. The van der Waals surface area contributed by atoms with Crippen LogP contribution in [0.4, 0.5) is 5.69 Å². The first-order chi connectivity index (χ1) is 10.2. The molecular formula is C17H24N2O2. The molecule has 0 fully saturated rings. The molecule has 0 aliphatic rings. The van der Waals surface area contributed by atoms with E-state index in [-0.39, 0.29) is 12.5 Å². The highest BCUT2D eigenvalue weighted by Crippen LogP contribution is 2.17. The minimum atomic E-state index is 0.00896. The van der Waals surface area contributed by atoms with Crippen LogP contribution in [-0.2, 0) is 4.79 Å². The van der Waals surface area contributed by atoms with E-state index in [1.807, 2.05) is 24.3 Å². The molecule has 1 aromatic carbocycles. The Hall–Kier alpha value is -2.23. The van der Waals surface area contributed by atoms with Gasteiger partial charge in [-0.05, 0) is 18.6 Å². The van der Waals surface area contributed by atoms with E-state index in [9.17, 15) is 4.79 Å². The van der Waals surface area contributed by atoms with Gasteiger partial charge in [-0.15, -0.1) is 13.2 Å². The van der Waals surface area contributed by atoms with Crippen molar-refractivity contribution in [2.75, 3.05) is 31.6 Å². The number of amides is 1. The molecule has 0 saturated carbocycles. The lowest BCUT2D eigenvalue weighted by molar-refractivity contribution is -0.128. The number of nitrogens with zero attached hydrogens (tertiary/aromatic N) is 1. The van der Waals surface area contributed by atoms with Crippen LogP contribution in [0.15, 0.2) is 49.6 Å². The van der Waals surface area contributed by atoms with Crippen LogP contribution in [0.25, 0.3) is 0 Å². The molecule has 0 spiro atoms. The van der Waals surface area contributed by atoms with Crippen molar-refractivity contribution in [1.82, 2.24) is 4.90 Å². The molecule has 0 radical (unpaired) electrons. The maximum atomic E-state index is 12.1. The second-order valence-corrected chi connectivity index (χ2v) is 4.61. The lowest BCUT2D eigenvalue weighted by atomic mass is 10.3. The van der Waals surface area contributed by atoms with Crippen molar-refractivity contribution < 1.29 is 9.53 Å². The van der Waals surface area contributed by atoms with Gasteiger partial charge in [0, 0.05) is 24.8 Å². The number of rotatable bonds is 10. The Bertz CT molecular complexity index is 462. The van der Waals surface area contributed by atoms with Crippen LogP contribution in [-0.4, -0.2) is 37.0 Å². The first-order valence-corrected chi connectivity index (χ1v) is 7.17. The molecule has 0 aliphatic carbocycles. The van der Waals surface area contributed by atoms with Crippen LogP contribution in [0.3, 0.4) is 0 Å². The fraction of sp³-hybridized carbons (Fsp3) is 0.353. The quantitative estimate of drug-likeness (QED) is 0.673. The summed E-state index contributed by atoms with van der Waals surface area (Å²) < 4.78 is 5.57. The zero-order chi connectivity index (χ0) is 15.5. The van der Waals surface area contributed by atoms with Gasteiger partial charge >= 0.3 is 0 Å². The van der Waals surface area contributed by atoms with Crippen LogP contribution < -0.4 is 10.1 Å². The van der Waals surface area contributed by atoms with Crippen LogP contribution in [0.2, 0.25) is 0 Å². The van der Waals surface area contributed by atoms with E-state index in [1.54, 1.807) is 17.1 Å². The van der Waals surface area contributed by atoms with Gasteiger partial charge in [0.05, 0.1) is 13.2 Å². The SMILES string of the molecule is C=CCN(CC=C)C(=O)CNc1cccc(OCCC)c1. The molecule has 4 heteroatoms. The molecule has 0 heterocycles. The largest absolute Gasteiger partial charge is 0.494 e. The Balaban J connectivity index is 2.54. The number of anilines is 1. The summed E-state index contributed by atoms with van der Waals surface area (Å²) in [6.45, 7) is 11.3. The summed E-state index contributed by atoms with van der Waals surface area (Å²) in [5.41, 5.74) is 0.870. The Morgan fingerprint density at radius 3 is 2.67 bits per heavy atom. The van der Waals surface area contributed by atoms with Gasteiger partial charge in [-0.25, -0.2) is 0 Å². The van der Waals surface area contributed by atoms with Crippen molar-refractivity contribution in [3.05, 3.63) is 49.6 Å². The molecule has 4 nitrogen and oxygen atoms in total. The van der Waals surface area contributed by atoms with Gasteiger partial charge < -0.3 is 15.0 Å². The normalized spacial score (nSPS) is 9.76. The highest BCUT2D eigenvalue weighted by Gasteiger charge is 2.10. The molecule has 1 amide bonds. The van der Waals surface area contributed by atoms with E-state index < -0.39 is 0 Å². The minimum Gasteiger partial charge on any atom is -0.494 e. The first kappa shape index (κ1) is 16.8. The van der Waals surface area contributed by atoms with E-state index >= 15 is 0 Å². The van der Waals surface area contributed by atoms with Crippen molar-refractivity contribution in [3.63, 3.8) is 0 Å². The Morgan fingerprint density at radius 1 is 1.33 bits per heavy atom. The molecule has 1 aromatic rings. The monoisotopic (exact) mass is 288 g/mol. The first-order valence-electron chi connectivity index (χ1n) is 7.17. The third kappa shape index (κ3) is 6.17. The van der Waals surface area contributed by atoms with Crippen molar-refractivity contribution in [1.29, 1.82) is 0 Å². The van der Waals surface area contributed by atoms with Crippen LogP contribution in [0.5, 0.6) is 5.75 Å². The topological polar surface area (TPSA) is 41.6 Å². The molecule has 0 saturated heterocycles. The maximum absolute atomic E-state index is 12.1. The summed E-state index contributed by atoms with van der Waals surface area (Å²) in [7, 11) is 0. The molecule has 21 heavy (non-hydrogen) atoms. The molecule has 1 rings (SSSR count). The van der Waals surface area contributed by atoms with Crippen LogP contribution in [0.1, 0.15) is 13.3 Å². The molecular weight excluding hydrogens is 264 g/mol. The van der Waals surface area contributed by atoms with E-state index in [2.05, 4.69) is 25.4 Å². The van der Waals surface area contributed by atoms with Crippen LogP contribution in [0, 0.1) is 0 Å². The van der Waals surface area contributed by atoms with Gasteiger partial charge in [-0.3, -0.25) is 4.79 Å². The predicted molar refractivity (Wildman–Crippen MR) is 87.7 cm³/mol. The van der Waals surface area contributed by atoms with E-state index in [0.29, 0.717) is 19.7 Å². The smallest absolute Gasteiger partial charge is 0.242 e. The van der Waals surface area contributed by atoms with Gasteiger partial charge in [0.25, 0.3) is 0 Å². The molecule has 114 valence electrons. The lowest BCUT2D eigenvalue weighted by Crippen LogP contribution is -2.35. The van der Waals surface area contributed by atoms with Crippen molar-refractivity contribution in [3.8, 4) is 5.75 Å². The molecule has 0 unspecified atom stereocenters. The average molecular weight is 288 g/mol. The summed E-state index contributed by atoms with van der Waals surface area (Å²) in [5, 5.41) is 3.12. The number of hydrogen-bond acceptors (Lipinski definition) is 3. The highest BCUT2D eigenvalue weighted by atomic mass is 16.5. The summed E-state index contributed by atoms with van der Waals surface area (Å²) >= 11 is 0. The molecule has 1 N–H and O–H groups in total. The minimum absolute atomic E-state index is 0.00896. The number of carbonyl (C=O) groups is 1. The molecule has 0 aromatic heterocycles. The average Bonchev–Trinajstić information content (AvgIpc) is 2.51. The third-order valence-electron chi connectivity index (χ3n) is 2.80. The fourth-order valence-corrected chi connectivity index (χ4v) is 1.80. The maximum Gasteiger partial charge on any atom is 0.242 e. The Kier molecular flexibility index (Phi) is 7.72. The van der Waals surface area contributed by atoms with E-state index in [4.69, 9.17) is 4.74 Å². The Morgan fingerprint density at radius 2 is 2.05 bits per heavy atom. The molecule has 0 atom stereocenters. The van der Waals surface area contributed by atoms with Crippen molar-refractivity contribution in [2.24, 2.45) is 0 Å². The van der Waals surface area contributed by atoms with Gasteiger partial charge in [0.1, 0.15) is 5.75 Å². The molecule has 0 aliphatic heterocycles. The van der Waals surface area contributed by atoms with E-state index in [0.717, 1.165) is 17.9 Å². The van der Waals surface area contributed by atoms with Gasteiger partial charge in [-0.1, -0.05) is 25.1 Å². The summed E-state index contributed by atoms with van der Waals surface area (Å²) in [6.07, 6.45) is 4.38. The summed E-state index contributed by atoms with van der Waals surface area (Å²) in [5.74, 6) is 0.818. The number of ether oxygens (including phenoxy) is 1. The number of hydrogen-bond donors (Lipinski definition) is 1. The second-order valence-electron chi connectivity index (χ2n) is 4.61. The predicted octanol–water partition coefficient (Wildman–Crippen LogP) is 3.09. The number of nitrogens with one attached hydrogen (secondary N) is 1. The second kappa shape index (κ2) is 9.64. The number of benzene rings is 1.